The number of nitrogens with one attached hydrogen (secondary N) is 1. The summed E-state index contributed by atoms with van der Waals surface area (Å²) >= 11 is 3.89. The fourth-order valence-corrected chi connectivity index (χ4v) is 1.95. The number of hydrogen-bond donors (Lipinski definition) is 3. The first-order valence-electron chi connectivity index (χ1n) is 5.68. The van der Waals surface area contributed by atoms with Gasteiger partial charge in [-0.05, 0) is 24.7 Å². The summed E-state index contributed by atoms with van der Waals surface area (Å²) in [6.07, 6.45) is 4.28. The topological polar surface area (TPSA) is 32.3 Å². The molecule has 3 atom stereocenters. The van der Waals surface area contributed by atoms with E-state index >= 15 is 0 Å². The van der Waals surface area contributed by atoms with Crippen molar-refractivity contribution in [3.8, 4) is 0 Å². The Balaban J connectivity index is 3.77. The van der Waals surface area contributed by atoms with Crippen LogP contribution in [-0.4, -0.2) is 17.8 Å². The van der Waals surface area contributed by atoms with Crippen molar-refractivity contribution >= 4 is 12.8 Å². The second-order valence-electron chi connectivity index (χ2n) is 4.28. The fraction of sp³-hybridized carbons (Fsp3) is 1.00. The quantitative estimate of drug-likeness (QED) is 0.548. The lowest BCUT2D eigenvalue weighted by Gasteiger charge is -2.21. The third kappa shape index (κ3) is 6.68. The lowest BCUT2D eigenvalue weighted by atomic mass is 9.88. The monoisotopic (exact) mass is 219 g/mol. The van der Waals surface area contributed by atoms with Gasteiger partial charge in [0, 0.05) is 6.54 Å². The van der Waals surface area contributed by atoms with Gasteiger partial charge in [0.2, 0.25) is 0 Å². The molecule has 0 radical (unpaired) electrons. The predicted molar refractivity (Wildman–Crippen MR) is 65.5 cm³/mol. The average Bonchev–Trinajstić information content (AvgIpc) is 2.16. The van der Waals surface area contributed by atoms with Gasteiger partial charge in [0.25, 0.3) is 0 Å². The molecule has 0 fully saturated rings. The van der Waals surface area contributed by atoms with Crippen LogP contribution in [0.25, 0.3) is 0 Å². The summed E-state index contributed by atoms with van der Waals surface area (Å²) in [5.74, 6) is 1.43. The van der Waals surface area contributed by atoms with E-state index in [1.807, 2.05) is 0 Å². The van der Waals surface area contributed by atoms with Gasteiger partial charge >= 0.3 is 0 Å². The highest BCUT2D eigenvalue weighted by molar-refractivity contribution is 7.78. The molecule has 0 bridgehead atoms. The van der Waals surface area contributed by atoms with Crippen LogP contribution in [0.1, 0.15) is 46.5 Å². The molecule has 0 aliphatic carbocycles. The summed E-state index contributed by atoms with van der Waals surface area (Å²) in [6, 6.07) is 0. The van der Waals surface area contributed by atoms with Crippen LogP contribution >= 0.6 is 12.8 Å². The third-order valence-corrected chi connectivity index (χ3v) is 3.12. The van der Waals surface area contributed by atoms with Crippen LogP contribution in [0.15, 0.2) is 0 Å². The molecule has 0 spiro atoms. The summed E-state index contributed by atoms with van der Waals surface area (Å²) in [7, 11) is 0. The zero-order valence-electron chi connectivity index (χ0n) is 9.66. The molecule has 2 nitrogen and oxygen atoms in total. The van der Waals surface area contributed by atoms with E-state index in [4.69, 9.17) is 0 Å². The molecule has 0 heterocycles. The van der Waals surface area contributed by atoms with Crippen LogP contribution in [0.5, 0.6) is 0 Å². The van der Waals surface area contributed by atoms with Gasteiger partial charge in [-0.2, -0.15) is 0 Å². The fourth-order valence-electron chi connectivity index (χ4n) is 1.74. The first-order chi connectivity index (χ1) is 6.63. The van der Waals surface area contributed by atoms with E-state index in [0.717, 1.165) is 18.8 Å². The van der Waals surface area contributed by atoms with E-state index in [1.54, 1.807) is 0 Å². The van der Waals surface area contributed by atoms with E-state index in [9.17, 15) is 5.11 Å². The molecule has 0 aliphatic heterocycles. The highest BCUT2D eigenvalue weighted by Gasteiger charge is 2.14. The molecule has 0 aromatic rings. The maximum atomic E-state index is 9.62. The normalized spacial score (nSPS) is 17.8. The largest absolute Gasteiger partial charge is 0.392 e. The van der Waals surface area contributed by atoms with Gasteiger partial charge in [-0.1, -0.05) is 46.4 Å². The SMILES string of the molecule is CCC(C)CC(CC)CC(O)CNS. The average molecular weight is 219 g/mol. The highest BCUT2D eigenvalue weighted by Crippen LogP contribution is 2.22. The standard InChI is InChI=1S/C11H25NOS/c1-4-9(3)6-10(5-2)7-11(13)8-12-14/h9-14H,4-8H2,1-3H3. The van der Waals surface area contributed by atoms with Gasteiger partial charge in [-0.25, -0.2) is 0 Å². The van der Waals surface area contributed by atoms with Crippen LogP contribution in [0.4, 0.5) is 0 Å². The smallest absolute Gasteiger partial charge is 0.0676 e. The molecule has 0 aliphatic rings. The maximum absolute atomic E-state index is 9.62. The van der Waals surface area contributed by atoms with E-state index < -0.39 is 0 Å². The first kappa shape index (κ1) is 14.3. The van der Waals surface area contributed by atoms with Gasteiger partial charge in [-0.3, -0.25) is 4.72 Å². The van der Waals surface area contributed by atoms with Gasteiger partial charge in [0.1, 0.15) is 0 Å². The molecule has 14 heavy (non-hydrogen) atoms. The third-order valence-electron chi connectivity index (χ3n) is 2.94. The molecule has 0 saturated heterocycles. The van der Waals surface area contributed by atoms with Gasteiger partial charge < -0.3 is 5.11 Å². The minimum Gasteiger partial charge on any atom is -0.392 e. The Bertz CT molecular complexity index is 132. The molecule has 2 N–H and O–H groups in total. The maximum Gasteiger partial charge on any atom is 0.0676 e. The van der Waals surface area contributed by atoms with Crippen molar-refractivity contribution in [3.63, 3.8) is 0 Å². The second kappa shape index (κ2) is 8.57. The van der Waals surface area contributed by atoms with Crippen LogP contribution < -0.4 is 4.72 Å². The summed E-state index contributed by atoms with van der Waals surface area (Å²) in [5.41, 5.74) is 0. The molecule has 0 rings (SSSR count). The van der Waals surface area contributed by atoms with Crippen molar-refractivity contribution in [2.75, 3.05) is 6.54 Å². The molecule has 0 amide bonds. The Morgan fingerprint density at radius 2 is 1.86 bits per heavy atom. The van der Waals surface area contributed by atoms with E-state index in [-0.39, 0.29) is 6.10 Å². The molecule has 0 saturated carbocycles. The van der Waals surface area contributed by atoms with Crippen molar-refractivity contribution < 1.29 is 5.11 Å². The lowest BCUT2D eigenvalue weighted by Crippen LogP contribution is -2.24. The van der Waals surface area contributed by atoms with Crippen LogP contribution in [-0.2, 0) is 0 Å². The van der Waals surface area contributed by atoms with Crippen molar-refractivity contribution in [1.82, 2.24) is 4.72 Å². The van der Waals surface area contributed by atoms with E-state index in [0.29, 0.717) is 12.5 Å². The lowest BCUT2D eigenvalue weighted by molar-refractivity contribution is 0.137. The Morgan fingerprint density at radius 1 is 1.21 bits per heavy atom. The molecule has 0 aromatic heterocycles. The Hall–Kier alpha value is 0.270. The summed E-state index contributed by atoms with van der Waals surface area (Å²) in [5, 5.41) is 9.62. The number of thiol groups is 1. The minimum absolute atomic E-state index is 0.249. The molecule has 86 valence electrons. The van der Waals surface area contributed by atoms with E-state index in [2.05, 4.69) is 38.3 Å². The molecule has 3 heteroatoms. The van der Waals surface area contributed by atoms with Crippen LogP contribution in [0.2, 0.25) is 0 Å². The minimum atomic E-state index is -0.249. The van der Waals surface area contributed by atoms with Gasteiger partial charge in [-0.15, -0.1) is 0 Å². The predicted octanol–water partition coefficient (Wildman–Crippen LogP) is 2.63. The number of rotatable bonds is 8. The van der Waals surface area contributed by atoms with Gasteiger partial charge in [0.05, 0.1) is 6.10 Å². The zero-order chi connectivity index (χ0) is 11.0. The highest BCUT2D eigenvalue weighted by atomic mass is 32.1. The van der Waals surface area contributed by atoms with Crippen molar-refractivity contribution in [2.24, 2.45) is 11.8 Å². The number of hydrogen-bond acceptors (Lipinski definition) is 3. The Morgan fingerprint density at radius 3 is 2.29 bits per heavy atom. The summed E-state index contributed by atoms with van der Waals surface area (Å²) in [6.45, 7) is 7.29. The summed E-state index contributed by atoms with van der Waals surface area (Å²) < 4.78 is 2.71. The van der Waals surface area contributed by atoms with E-state index in [1.165, 1.54) is 12.8 Å². The molecule has 3 unspecified atom stereocenters. The van der Waals surface area contributed by atoms with Crippen molar-refractivity contribution in [1.29, 1.82) is 0 Å². The number of aliphatic hydroxyl groups excluding tert-OH is 1. The zero-order valence-corrected chi connectivity index (χ0v) is 10.6. The van der Waals surface area contributed by atoms with Crippen LogP contribution in [0, 0.1) is 11.8 Å². The van der Waals surface area contributed by atoms with Gasteiger partial charge in [0.15, 0.2) is 0 Å². The Labute approximate surface area is 94.0 Å². The molecule has 0 aromatic carbocycles. The van der Waals surface area contributed by atoms with Crippen molar-refractivity contribution in [3.05, 3.63) is 0 Å². The Kier molecular flexibility index (Phi) is 8.73. The molecular weight excluding hydrogens is 194 g/mol. The number of aliphatic hydroxyl groups is 1. The molecular formula is C11H25NOS. The second-order valence-corrected chi connectivity index (χ2v) is 4.59. The summed E-state index contributed by atoms with van der Waals surface area (Å²) in [4.78, 5) is 0. The first-order valence-corrected chi connectivity index (χ1v) is 6.13. The van der Waals surface area contributed by atoms with Crippen molar-refractivity contribution in [2.45, 2.75) is 52.6 Å². The van der Waals surface area contributed by atoms with Crippen LogP contribution in [0.3, 0.4) is 0 Å².